The van der Waals surface area contributed by atoms with Crippen molar-refractivity contribution in [3.8, 4) is 11.5 Å². The number of phenols is 1. The summed E-state index contributed by atoms with van der Waals surface area (Å²) in [7, 11) is 1.49. The summed E-state index contributed by atoms with van der Waals surface area (Å²) in [6.07, 6.45) is 1.72. The van der Waals surface area contributed by atoms with Crippen molar-refractivity contribution in [2.45, 2.75) is 13.1 Å². The first kappa shape index (κ1) is 18.8. The summed E-state index contributed by atoms with van der Waals surface area (Å²) >= 11 is 6.07. The van der Waals surface area contributed by atoms with E-state index in [9.17, 15) is 5.11 Å². The normalized spacial score (nSPS) is 10.9. The molecule has 0 aliphatic carbocycles. The van der Waals surface area contributed by atoms with Gasteiger partial charge in [0.05, 0.1) is 31.4 Å². The number of nitrogens with zero attached hydrogens (tertiary/aromatic N) is 2. The van der Waals surface area contributed by atoms with E-state index in [-0.39, 0.29) is 10.8 Å². The third-order valence-corrected chi connectivity index (χ3v) is 4.34. The molecule has 0 bridgehead atoms. The Morgan fingerprint density at radius 1 is 0.963 bits per heavy atom. The molecule has 1 N–H and O–H groups in total. The largest absolute Gasteiger partial charge is 0.503 e. The Kier molecular flexibility index (Phi) is 6.34. The summed E-state index contributed by atoms with van der Waals surface area (Å²) in [6, 6.07) is 23.7. The van der Waals surface area contributed by atoms with Crippen LogP contribution in [0.5, 0.6) is 11.5 Å². The highest BCUT2D eigenvalue weighted by atomic mass is 35.5. The van der Waals surface area contributed by atoms with Gasteiger partial charge in [-0.2, -0.15) is 5.10 Å². The first-order valence-electron chi connectivity index (χ1n) is 8.59. The monoisotopic (exact) mass is 380 g/mol. The Bertz CT molecular complexity index is 857. The molecule has 3 aromatic carbocycles. The molecule has 4 nitrogen and oxygen atoms in total. The molecule has 0 unspecified atom stereocenters. The SMILES string of the molecule is COc1cc(/C=N/N(Cc2ccccc2)Cc2ccccc2)cc(Cl)c1O. The van der Waals surface area contributed by atoms with Crippen LogP contribution in [0.25, 0.3) is 0 Å². The quantitative estimate of drug-likeness (QED) is 0.458. The highest BCUT2D eigenvalue weighted by Gasteiger charge is 2.09. The molecule has 0 amide bonds. The first-order chi connectivity index (χ1) is 13.2. The summed E-state index contributed by atoms with van der Waals surface area (Å²) in [6.45, 7) is 1.35. The predicted molar refractivity (Wildman–Crippen MR) is 109 cm³/mol. The van der Waals surface area contributed by atoms with Crippen LogP contribution in [0, 0.1) is 0 Å². The number of hydrogen-bond donors (Lipinski definition) is 1. The molecule has 0 aliphatic heterocycles. The van der Waals surface area contributed by atoms with E-state index in [1.807, 2.05) is 41.4 Å². The Labute approximate surface area is 164 Å². The van der Waals surface area contributed by atoms with Gasteiger partial charge in [0, 0.05) is 0 Å². The van der Waals surface area contributed by atoms with Crippen LogP contribution in [0.3, 0.4) is 0 Å². The van der Waals surface area contributed by atoms with Crippen LogP contribution in [0.1, 0.15) is 16.7 Å². The zero-order chi connectivity index (χ0) is 19.1. The van der Waals surface area contributed by atoms with Crippen molar-refractivity contribution in [3.05, 3.63) is 94.5 Å². The van der Waals surface area contributed by atoms with Crippen molar-refractivity contribution in [2.75, 3.05) is 7.11 Å². The smallest absolute Gasteiger partial charge is 0.176 e. The van der Waals surface area contributed by atoms with Crippen LogP contribution in [0.2, 0.25) is 5.02 Å². The second-order valence-corrected chi connectivity index (χ2v) is 6.50. The third-order valence-electron chi connectivity index (χ3n) is 4.06. The number of rotatable bonds is 7. The van der Waals surface area contributed by atoms with Crippen molar-refractivity contribution in [1.82, 2.24) is 5.01 Å². The molecule has 138 valence electrons. The summed E-state index contributed by atoms with van der Waals surface area (Å²) in [5.41, 5.74) is 3.10. The molecule has 0 spiro atoms. The lowest BCUT2D eigenvalue weighted by Gasteiger charge is -2.19. The zero-order valence-electron chi connectivity index (χ0n) is 15.0. The fourth-order valence-corrected chi connectivity index (χ4v) is 2.92. The molecule has 5 heteroatoms. The minimum atomic E-state index is -0.0678. The highest BCUT2D eigenvalue weighted by molar-refractivity contribution is 6.32. The Morgan fingerprint density at radius 3 is 2.04 bits per heavy atom. The van der Waals surface area contributed by atoms with Crippen molar-refractivity contribution in [1.29, 1.82) is 0 Å². The standard InChI is InChI=1S/C22H21ClN2O2/c1-27-21-13-19(12-20(23)22(21)26)14-24-25(15-17-8-4-2-5-9-17)16-18-10-6-3-7-11-18/h2-14,26H,15-16H2,1H3/b24-14+. The van der Waals surface area contributed by atoms with Gasteiger partial charge in [-0.15, -0.1) is 0 Å². The van der Waals surface area contributed by atoms with E-state index in [0.717, 1.165) is 5.56 Å². The molecule has 0 aromatic heterocycles. The highest BCUT2D eigenvalue weighted by Crippen LogP contribution is 2.34. The lowest BCUT2D eigenvalue weighted by molar-refractivity contribution is 0.272. The number of halogens is 1. The number of phenolic OH excluding ortho intramolecular Hbond substituents is 1. The first-order valence-corrected chi connectivity index (χ1v) is 8.97. The average Bonchev–Trinajstić information content (AvgIpc) is 2.70. The Hall–Kier alpha value is -2.98. The third kappa shape index (κ3) is 5.25. The lowest BCUT2D eigenvalue weighted by Crippen LogP contribution is -2.17. The van der Waals surface area contributed by atoms with Crippen molar-refractivity contribution >= 4 is 17.8 Å². The molecule has 0 saturated carbocycles. The Morgan fingerprint density at radius 2 is 1.52 bits per heavy atom. The summed E-state index contributed by atoms with van der Waals surface area (Å²) < 4.78 is 5.15. The number of ether oxygens (including phenoxy) is 1. The van der Waals surface area contributed by atoms with Gasteiger partial charge in [0.2, 0.25) is 0 Å². The molecular weight excluding hydrogens is 360 g/mol. The predicted octanol–water partition coefficient (Wildman–Crippen LogP) is 5.09. The van der Waals surface area contributed by atoms with Gasteiger partial charge in [0.1, 0.15) is 0 Å². The van der Waals surface area contributed by atoms with Crippen molar-refractivity contribution < 1.29 is 9.84 Å². The second kappa shape index (κ2) is 9.10. The fraction of sp³-hybridized carbons (Fsp3) is 0.136. The van der Waals surface area contributed by atoms with Crippen molar-refractivity contribution in [2.24, 2.45) is 5.10 Å². The number of hydrogen-bond acceptors (Lipinski definition) is 4. The van der Waals surface area contributed by atoms with Crippen LogP contribution >= 0.6 is 11.6 Å². The average molecular weight is 381 g/mol. The van der Waals surface area contributed by atoms with Gasteiger partial charge in [-0.25, -0.2) is 0 Å². The van der Waals surface area contributed by atoms with E-state index in [2.05, 4.69) is 29.4 Å². The molecule has 0 heterocycles. The maximum absolute atomic E-state index is 9.88. The minimum Gasteiger partial charge on any atom is -0.503 e. The molecule has 0 radical (unpaired) electrons. The minimum absolute atomic E-state index is 0.0678. The van der Waals surface area contributed by atoms with Gasteiger partial charge in [-0.05, 0) is 28.8 Å². The summed E-state index contributed by atoms with van der Waals surface area (Å²) in [5, 5.41) is 16.7. The van der Waals surface area contributed by atoms with Crippen LogP contribution in [-0.4, -0.2) is 23.4 Å². The van der Waals surface area contributed by atoms with Crippen LogP contribution in [0.15, 0.2) is 77.9 Å². The van der Waals surface area contributed by atoms with Gasteiger partial charge in [0.15, 0.2) is 11.5 Å². The fourth-order valence-electron chi connectivity index (χ4n) is 2.70. The molecule has 0 atom stereocenters. The summed E-state index contributed by atoms with van der Waals surface area (Å²) in [4.78, 5) is 0. The van der Waals surface area contributed by atoms with Gasteiger partial charge in [0.25, 0.3) is 0 Å². The Balaban J connectivity index is 1.84. The van der Waals surface area contributed by atoms with Gasteiger partial charge < -0.3 is 9.84 Å². The van der Waals surface area contributed by atoms with E-state index < -0.39 is 0 Å². The van der Waals surface area contributed by atoms with Crippen LogP contribution < -0.4 is 4.74 Å². The molecule has 27 heavy (non-hydrogen) atoms. The van der Waals surface area contributed by atoms with Gasteiger partial charge in [-0.1, -0.05) is 72.3 Å². The number of aromatic hydroxyl groups is 1. The van der Waals surface area contributed by atoms with E-state index in [1.165, 1.54) is 18.2 Å². The maximum atomic E-state index is 9.88. The molecule has 0 aliphatic rings. The maximum Gasteiger partial charge on any atom is 0.176 e. The molecule has 3 rings (SSSR count). The van der Waals surface area contributed by atoms with Crippen LogP contribution in [-0.2, 0) is 13.1 Å². The van der Waals surface area contributed by atoms with E-state index >= 15 is 0 Å². The summed E-state index contributed by atoms with van der Waals surface area (Å²) in [5.74, 6) is 0.253. The topological polar surface area (TPSA) is 45.1 Å². The van der Waals surface area contributed by atoms with Crippen molar-refractivity contribution in [3.63, 3.8) is 0 Å². The number of hydrazone groups is 1. The number of methoxy groups -OCH3 is 1. The zero-order valence-corrected chi connectivity index (χ0v) is 15.8. The van der Waals surface area contributed by atoms with E-state index in [4.69, 9.17) is 16.3 Å². The van der Waals surface area contributed by atoms with E-state index in [1.54, 1.807) is 18.3 Å². The number of benzene rings is 3. The molecular formula is C22H21ClN2O2. The lowest BCUT2D eigenvalue weighted by atomic mass is 10.2. The molecule has 0 fully saturated rings. The molecule has 0 saturated heterocycles. The van der Waals surface area contributed by atoms with E-state index in [0.29, 0.717) is 18.8 Å². The molecule has 3 aromatic rings. The van der Waals surface area contributed by atoms with Crippen LogP contribution in [0.4, 0.5) is 0 Å². The second-order valence-electron chi connectivity index (χ2n) is 6.09. The van der Waals surface area contributed by atoms with Gasteiger partial charge >= 0.3 is 0 Å². The van der Waals surface area contributed by atoms with Gasteiger partial charge in [-0.3, -0.25) is 5.01 Å².